The van der Waals surface area contributed by atoms with Gasteiger partial charge in [-0.1, -0.05) is 6.92 Å². The topological polar surface area (TPSA) is 76.1 Å². The van der Waals surface area contributed by atoms with Gasteiger partial charge in [0.05, 0.1) is 11.5 Å². The van der Waals surface area contributed by atoms with Gasteiger partial charge in [-0.15, -0.1) is 0 Å². The number of amides is 3. The van der Waals surface area contributed by atoms with Crippen LogP contribution in [0.2, 0.25) is 0 Å². The zero-order valence-electron chi connectivity index (χ0n) is 18.4. The van der Waals surface area contributed by atoms with E-state index in [2.05, 4.69) is 17.1 Å². The number of carbonyl (C=O) groups is 2. The highest BCUT2D eigenvalue weighted by Gasteiger charge is 2.58. The van der Waals surface area contributed by atoms with Crippen LogP contribution in [0.25, 0.3) is 0 Å². The lowest BCUT2D eigenvalue weighted by molar-refractivity contribution is -0.163. The number of hydrogen-bond acceptors (Lipinski definition) is 4. The first kappa shape index (κ1) is 20.6. The van der Waals surface area contributed by atoms with E-state index in [1.165, 1.54) is 0 Å². The SMILES string of the molecule is CCN1CCN(C(=O)N2CCCC(NC(=O)C34CC5CC(C3)C(O)C(C5)C4)C2)CC1. The molecule has 7 nitrogen and oxygen atoms in total. The Morgan fingerprint density at radius 2 is 1.70 bits per heavy atom. The van der Waals surface area contributed by atoms with Gasteiger partial charge in [0.1, 0.15) is 0 Å². The molecule has 0 aromatic carbocycles. The van der Waals surface area contributed by atoms with Crippen LogP contribution in [-0.2, 0) is 4.79 Å². The summed E-state index contributed by atoms with van der Waals surface area (Å²) in [6.07, 6.45) is 6.61. The van der Waals surface area contributed by atoms with Crippen molar-refractivity contribution in [3.63, 3.8) is 0 Å². The first-order valence-corrected chi connectivity index (χ1v) is 12.2. The second-order valence-electron chi connectivity index (χ2n) is 10.7. The Balaban J connectivity index is 1.18. The van der Waals surface area contributed by atoms with Crippen molar-refractivity contribution in [3.05, 3.63) is 0 Å². The Morgan fingerprint density at radius 1 is 1.00 bits per heavy atom. The van der Waals surface area contributed by atoms with Crippen molar-refractivity contribution in [2.45, 2.75) is 64.0 Å². The number of likely N-dealkylation sites (N-methyl/N-ethyl adjacent to an activating group) is 1. The van der Waals surface area contributed by atoms with Gasteiger partial charge in [-0.2, -0.15) is 0 Å². The van der Waals surface area contributed by atoms with Gasteiger partial charge in [0.15, 0.2) is 0 Å². The molecule has 2 N–H and O–H groups in total. The smallest absolute Gasteiger partial charge is 0.320 e. The van der Waals surface area contributed by atoms with Gasteiger partial charge in [0.25, 0.3) is 0 Å². The Bertz CT molecular complexity index is 661. The third kappa shape index (κ3) is 3.62. The maximum Gasteiger partial charge on any atom is 0.320 e. The molecule has 0 spiro atoms. The summed E-state index contributed by atoms with van der Waals surface area (Å²) in [4.78, 5) is 32.8. The van der Waals surface area contributed by atoms with Crippen LogP contribution in [0.4, 0.5) is 4.79 Å². The maximum atomic E-state index is 13.4. The minimum atomic E-state index is -0.265. The molecule has 2 heterocycles. The van der Waals surface area contributed by atoms with Crippen LogP contribution in [0, 0.1) is 23.2 Å². The summed E-state index contributed by atoms with van der Waals surface area (Å²) < 4.78 is 0. The molecule has 3 unspecified atom stereocenters. The second-order valence-corrected chi connectivity index (χ2v) is 10.7. The molecule has 0 aromatic rings. The number of hydrogen-bond donors (Lipinski definition) is 2. The lowest BCUT2D eigenvalue weighted by atomic mass is 9.48. The van der Waals surface area contributed by atoms with E-state index in [4.69, 9.17) is 0 Å². The van der Waals surface area contributed by atoms with E-state index < -0.39 is 0 Å². The summed E-state index contributed by atoms with van der Waals surface area (Å²) in [5.41, 5.74) is -0.265. The van der Waals surface area contributed by atoms with E-state index in [0.717, 1.165) is 84.2 Å². The third-order valence-electron chi connectivity index (χ3n) is 8.82. The quantitative estimate of drug-likeness (QED) is 0.729. The predicted octanol–water partition coefficient (Wildman–Crippen LogP) is 1.51. The van der Waals surface area contributed by atoms with Gasteiger partial charge in [-0.3, -0.25) is 4.79 Å². The molecule has 0 radical (unpaired) electrons. The maximum absolute atomic E-state index is 13.4. The molecule has 3 atom stereocenters. The molecule has 2 saturated heterocycles. The molecule has 4 saturated carbocycles. The highest BCUT2D eigenvalue weighted by molar-refractivity contribution is 5.83. The normalized spacial score (nSPS) is 41.2. The lowest BCUT2D eigenvalue weighted by Crippen LogP contribution is -2.61. The predicted molar refractivity (Wildman–Crippen MR) is 114 cm³/mol. The fourth-order valence-corrected chi connectivity index (χ4v) is 7.34. The van der Waals surface area contributed by atoms with Crippen molar-refractivity contribution >= 4 is 11.9 Å². The molecule has 30 heavy (non-hydrogen) atoms. The van der Waals surface area contributed by atoms with Crippen LogP contribution in [-0.4, -0.2) is 89.7 Å². The first-order chi connectivity index (χ1) is 14.5. The van der Waals surface area contributed by atoms with Crippen LogP contribution < -0.4 is 5.32 Å². The largest absolute Gasteiger partial charge is 0.393 e. The number of rotatable bonds is 3. The highest BCUT2D eigenvalue weighted by atomic mass is 16.3. The summed E-state index contributed by atoms with van der Waals surface area (Å²) in [6.45, 7) is 8.14. The zero-order valence-corrected chi connectivity index (χ0v) is 18.4. The number of nitrogens with zero attached hydrogens (tertiary/aromatic N) is 3. The molecule has 3 amide bonds. The van der Waals surface area contributed by atoms with Crippen LogP contribution >= 0.6 is 0 Å². The third-order valence-corrected chi connectivity index (χ3v) is 8.82. The van der Waals surface area contributed by atoms with Crippen LogP contribution in [0.3, 0.4) is 0 Å². The number of likely N-dealkylation sites (tertiary alicyclic amines) is 1. The molecule has 4 aliphatic carbocycles. The molecule has 2 aliphatic heterocycles. The van der Waals surface area contributed by atoms with E-state index >= 15 is 0 Å². The molecule has 6 rings (SSSR count). The van der Waals surface area contributed by atoms with Gasteiger partial charge < -0.3 is 25.1 Å². The molecule has 4 bridgehead atoms. The van der Waals surface area contributed by atoms with Crippen molar-refractivity contribution in [2.75, 3.05) is 45.8 Å². The zero-order chi connectivity index (χ0) is 20.9. The fourth-order valence-electron chi connectivity index (χ4n) is 7.34. The van der Waals surface area contributed by atoms with E-state index in [1.54, 1.807) is 0 Å². The minimum absolute atomic E-state index is 0.0602. The van der Waals surface area contributed by atoms with Crippen molar-refractivity contribution < 1.29 is 14.7 Å². The molecule has 0 aromatic heterocycles. The average molecular weight is 419 g/mol. The standard InChI is InChI=1S/C23H38N4O3/c1-2-25-6-8-26(9-7-25)22(30)27-5-3-4-19(15-27)24-21(29)23-12-16-10-17(13-23)20(28)18(11-16)14-23/h16-20,28H,2-15H2,1H3,(H,24,29). The summed E-state index contributed by atoms with van der Waals surface area (Å²) in [6, 6.07) is 0.202. The van der Waals surface area contributed by atoms with Gasteiger partial charge in [-0.05, 0) is 69.2 Å². The molecular weight excluding hydrogens is 380 g/mol. The van der Waals surface area contributed by atoms with Crippen molar-refractivity contribution in [1.82, 2.24) is 20.0 Å². The minimum Gasteiger partial charge on any atom is -0.393 e. The Labute approximate surface area is 180 Å². The van der Waals surface area contributed by atoms with Gasteiger partial charge in [-0.25, -0.2) is 4.79 Å². The van der Waals surface area contributed by atoms with Gasteiger partial charge in [0, 0.05) is 45.3 Å². The van der Waals surface area contributed by atoms with Crippen molar-refractivity contribution in [1.29, 1.82) is 0 Å². The van der Waals surface area contributed by atoms with Gasteiger partial charge in [0.2, 0.25) is 5.91 Å². The number of aliphatic hydroxyl groups is 1. The molecule has 7 heteroatoms. The monoisotopic (exact) mass is 418 g/mol. The van der Waals surface area contributed by atoms with Gasteiger partial charge >= 0.3 is 6.03 Å². The Kier molecular flexibility index (Phi) is 5.46. The average Bonchev–Trinajstić information content (AvgIpc) is 2.76. The Morgan fingerprint density at radius 3 is 2.37 bits per heavy atom. The lowest BCUT2D eigenvalue weighted by Gasteiger charge is -2.58. The Hall–Kier alpha value is -1.34. The van der Waals surface area contributed by atoms with Crippen LogP contribution in [0.15, 0.2) is 0 Å². The summed E-state index contributed by atoms with van der Waals surface area (Å²) in [5.74, 6) is 1.44. The summed E-state index contributed by atoms with van der Waals surface area (Å²) in [7, 11) is 0. The number of aliphatic hydroxyl groups excluding tert-OH is 1. The molecule has 168 valence electrons. The highest BCUT2D eigenvalue weighted by Crippen LogP contribution is 2.60. The number of carbonyl (C=O) groups excluding carboxylic acids is 2. The van der Waals surface area contributed by atoms with E-state index in [9.17, 15) is 14.7 Å². The number of piperazine rings is 1. The number of urea groups is 1. The molecule has 6 aliphatic rings. The van der Waals surface area contributed by atoms with Crippen molar-refractivity contribution in [2.24, 2.45) is 23.2 Å². The summed E-state index contributed by atoms with van der Waals surface area (Å²) >= 11 is 0. The molecule has 6 fully saturated rings. The van der Waals surface area contributed by atoms with E-state index in [-0.39, 0.29) is 29.5 Å². The first-order valence-electron chi connectivity index (χ1n) is 12.2. The van der Waals surface area contributed by atoms with E-state index in [0.29, 0.717) is 24.3 Å². The van der Waals surface area contributed by atoms with Crippen molar-refractivity contribution in [3.8, 4) is 0 Å². The van der Waals surface area contributed by atoms with E-state index in [1.807, 2.05) is 9.80 Å². The van der Waals surface area contributed by atoms with Crippen LogP contribution in [0.5, 0.6) is 0 Å². The fraction of sp³-hybridized carbons (Fsp3) is 0.913. The summed E-state index contributed by atoms with van der Waals surface area (Å²) in [5, 5.41) is 13.9. The molecular formula is C23H38N4O3. The van der Waals surface area contributed by atoms with Crippen LogP contribution in [0.1, 0.15) is 51.9 Å². The second kappa shape index (κ2) is 7.97. The number of piperidine rings is 1. The number of nitrogens with one attached hydrogen (secondary N) is 1.